The zero-order valence-corrected chi connectivity index (χ0v) is 15.2. The first-order chi connectivity index (χ1) is 12.6. The second-order valence-corrected chi connectivity index (χ2v) is 7.60. The number of ether oxygens (including phenoxy) is 1. The molecule has 2 aromatic carbocycles. The van der Waals surface area contributed by atoms with Crippen LogP contribution in [0.1, 0.15) is 25.8 Å². The molecule has 0 radical (unpaired) electrons. The summed E-state index contributed by atoms with van der Waals surface area (Å²) in [5, 5.41) is 0. The highest BCUT2D eigenvalue weighted by Crippen LogP contribution is 2.49. The predicted octanol–water partition coefficient (Wildman–Crippen LogP) is 3.17. The molecule has 0 aromatic heterocycles. The van der Waals surface area contributed by atoms with E-state index in [1.807, 2.05) is 13.8 Å². The maximum absolute atomic E-state index is 13.6. The minimum absolute atomic E-state index is 0.130. The van der Waals surface area contributed by atoms with Gasteiger partial charge in [0, 0.05) is 25.1 Å². The summed E-state index contributed by atoms with van der Waals surface area (Å²) < 4.78 is 33.3. The molecule has 1 atom stereocenters. The Labute approximate surface area is 155 Å². The minimum atomic E-state index is -1.21. The molecule has 0 fully saturated rings. The van der Waals surface area contributed by atoms with Gasteiger partial charge in [-0.3, -0.25) is 9.69 Å². The van der Waals surface area contributed by atoms with Crippen molar-refractivity contribution in [3.63, 3.8) is 0 Å². The average molecular weight is 371 g/mol. The van der Waals surface area contributed by atoms with Crippen LogP contribution in [0.2, 0.25) is 0 Å². The molecule has 4 rings (SSSR count). The van der Waals surface area contributed by atoms with Crippen LogP contribution in [0, 0.1) is 11.6 Å². The van der Waals surface area contributed by atoms with Crippen LogP contribution >= 0.6 is 0 Å². The molecule has 2 aliphatic heterocycles. The van der Waals surface area contributed by atoms with E-state index in [0.29, 0.717) is 28.9 Å². The topological polar surface area (TPSA) is 67.9 Å². The molecule has 140 valence electrons. The van der Waals surface area contributed by atoms with Crippen molar-refractivity contribution in [1.29, 1.82) is 0 Å². The molecule has 0 saturated heterocycles. The molecule has 1 spiro atoms. The number of benzene rings is 2. The van der Waals surface area contributed by atoms with Crippen LogP contribution in [-0.2, 0) is 10.3 Å². The quantitative estimate of drug-likeness (QED) is 0.837. The van der Waals surface area contributed by atoms with E-state index < -0.39 is 22.8 Å². The molecule has 2 aliphatic rings. The lowest BCUT2D eigenvalue weighted by Crippen LogP contribution is -2.49. The number of carbonyl (C=O) groups excluding carboxylic acids is 1. The van der Waals surface area contributed by atoms with Crippen molar-refractivity contribution in [3.05, 3.63) is 53.6 Å². The van der Waals surface area contributed by atoms with Crippen molar-refractivity contribution in [3.8, 4) is 16.9 Å². The maximum atomic E-state index is 13.6. The molecule has 27 heavy (non-hydrogen) atoms. The van der Waals surface area contributed by atoms with Gasteiger partial charge in [0.1, 0.15) is 23.0 Å². The Morgan fingerprint density at radius 3 is 2.37 bits per heavy atom. The molecule has 1 amide bonds. The van der Waals surface area contributed by atoms with Gasteiger partial charge in [-0.1, -0.05) is 6.07 Å². The first-order valence-electron chi connectivity index (χ1n) is 8.55. The van der Waals surface area contributed by atoms with Gasteiger partial charge in [0.25, 0.3) is 5.91 Å². The first-order valence-corrected chi connectivity index (χ1v) is 8.55. The third kappa shape index (κ3) is 2.65. The number of carbonyl (C=O) groups is 1. The lowest BCUT2D eigenvalue weighted by molar-refractivity contribution is -0.133. The zero-order chi connectivity index (χ0) is 19.6. The van der Waals surface area contributed by atoms with Crippen LogP contribution in [-0.4, -0.2) is 29.4 Å². The molecule has 0 aliphatic carbocycles. The Bertz CT molecular complexity index is 982. The van der Waals surface area contributed by atoms with Crippen LogP contribution < -0.4 is 10.5 Å². The number of rotatable bonds is 1. The molecule has 0 saturated carbocycles. The number of hydrogen-bond acceptors (Lipinski definition) is 4. The second-order valence-electron chi connectivity index (χ2n) is 7.60. The number of likely N-dealkylation sites (N-methyl/N-ethyl adjacent to an activating group) is 1. The highest BCUT2D eigenvalue weighted by atomic mass is 19.1. The van der Waals surface area contributed by atoms with Crippen LogP contribution in [0.25, 0.3) is 11.1 Å². The fraction of sp³-hybridized carbons (Fsp3) is 0.300. The lowest BCUT2D eigenvalue weighted by Gasteiger charge is -2.41. The number of halogens is 2. The van der Waals surface area contributed by atoms with E-state index in [-0.39, 0.29) is 11.9 Å². The van der Waals surface area contributed by atoms with Gasteiger partial charge in [-0.05, 0) is 49.2 Å². The fourth-order valence-corrected chi connectivity index (χ4v) is 3.88. The highest BCUT2D eigenvalue weighted by Gasteiger charge is 2.55. The van der Waals surface area contributed by atoms with Crippen molar-refractivity contribution in [2.45, 2.75) is 31.4 Å². The summed E-state index contributed by atoms with van der Waals surface area (Å²) in [7, 11) is 1.57. The van der Waals surface area contributed by atoms with Crippen LogP contribution in [0.3, 0.4) is 0 Å². The Morgan fingerprint density at radius 1 is 1.11 bits per heavy atom. The molecule has 5 nitrogen and oxygen atoms in total. The van der Waals surface area contributed by atoms with Gasteiger partial charge in [-0.25, -0.2) is 13.8 Å². The number of amides is 1. The fourth-order valence-electron chi connectivity index (χ4n) is 3.88. The van der Waals surface area contributed by atoms with Crippen molar-refractivity contribution >= 4 is 11.9 Å². The Balaban J connectivity index is 1.93. The van der Waals surface area contributed by atoms with E-state index in [1.54, 1.807) is 25.2 Å². The normalized spacial score (nSPS) is 23.2. The van der Waals surface area contributed by atoms with Gasteiger partial charge in [0.05, 0.1) is 0 Å². The number of fused-ring (bicyclic) bond motifs is 2. The third-order valence-corrected chi connectivity index (χ3v) is 5.00. The molecule has 7 heteroatoms. The smallest absolute Gasteiger partial charge is 0.261 e. The number of aliphatic imine (C=N–C) groups is 1. The largest absolute Gasteiger partial charge is 0.487 e. The van der Waals surface area contributed by atoms with E-state index in [0.717, 1.165) is 6.07 Å². The standard InChI is InChI=1S/C20H19F2N3O2/c1-19(2)10-20(17(26)25(3)18(23)24-20)15-8-11(4-5-16(15)27-19)12-6-13(21)9-14(22)7-12/h4-9H,10H2,1-3H3,(H2,23,24). The van der Waals surface area contributed by atoms with Gasteiger partial charge in [-0.15, -0.1) is 0 Å². The summed E-state index contributed by atoms with van der Waals surface area (Å²) in [6.07, 6.45) is 0.303. The lowest BCUT2D eigenvalue weighted by atomic mass is 9.77. The number of nitrogens with zero attached hydrogens (tertiary/aromatic N) is 2. The molecular formula is C20H19F2N3O2. The molecule has 2 heterocycles. The number of guanidine groups is 1. The molecular weight excluding hydrogens is 352 g/mol. The summed E-state index contributed by atoms with van der Waals surface area (Å²) in [5.41, 5.74) is 5.55. The molecule has 2 N–H and O–H groups in total. The summed E-state index contributed by atoms with van der Waals surface area (Å²) in [4.78, 5) is 18.9. The third-order valence-electron chi connectivity index (χ3n) is 5.00. The van der Waals surface area contributed by atoms with Crippen molar-refractivity contribution in [2.24, 2.45) is 10.7 Å². The average Bonchev–Trinajstić information content (AvgIpc) is 2.77. The number of nitrogens with two attached hydrogens (primary N) is 1. The second kappa shape index (κ2) is 5.52. The molecule has 2 aromatic rings. The number of hydrogen-bond donors (Lipinski definition) is 1. The van der Waals surface area contributed by atoms with Crippen LogP contribution in [0.5, 0.6) is 5.75 Å². The SMILES string of the molecule is CN1C(=O)C2(CC(C)(C)Oc3ccc(-c4cc(F)cc(F)c4)cc32)N=C1N. The maximum Gasteiger partial charge on any atom is 0.261 e. The van der Waals surface area contributed by atoms with Crippen molar-refractivity contribution in [2.75, 3.05) is 7.05 Å². The molecule has 0 bridgehead atoms. The van der Waals surface area contributed by atoms with E-state index >= 15 is 0 Å². The Hall–Kier alpha value is -2.96. The van der Waals surface area contributed by atoms with Crippen molar-refractivity contribution < 1.29 is 18.3 Å². The summed E-state index contributed by atoms with van der Waals surface area (Å²) in [6.45, 7) is 3.76. The summed E-state index contributed by atoms with van der Waals surface area (Å²) in [6, 6.07) is 8.41. The van der Waals surface area contributed by atoms with Crippen molar-refractivity contribution in [1.82, 2.24) is 4.90 Å². The Kier molecular flexibility index (Phi) is 3.57. The summed E-state index contributed by atoms with van der Waals surface area (Å²) in [5.74, 6) is -0.958. The Morgan fingerprint density at radius 2 is 1.78 bits per heavy atom. The van der Waals surface area contributed by atoms with Crippen LogP contribution in [0.15, 0.2) is 41.4 Å². The predicted molar refractivity (Wildman–Crippen MR) is 97.2 cm³/mol. The van der Waals surface area contributed by atoms with Gasteiger partial charge in [0.2, 0.25) is 0 Å². The van der Waals surface area contributed by atoms with Gasteiger partial charge in [-0.2, -0.15) is 0 Å². The van der Waals surface area contributed by atoms with E-state index in [4.69, 9.17) is 10.5 Å². The van der Waals surface area contributed by atoms with Gasteiger partial charge in [0.15, 0.2) is 11.5 Å². The monoisotopic (exact) mass is 371 g/mol. The van der Waals surface area contributed by atoms with E-state index in [2.05, 4.69) is 4.99 Å². The highest BCUT2D eigenvalue weighted by molar-refractivity contribution is 6.07. The first kappa shape index (κ1) is 17.5. The van der Waals surface area contributed by atoms with E-state index in [1.165, 1.54) is 17.0 Å². The zero-order valence-electron chi connectivity index (χ0n) is 15.2. The van der Waals surface area contributed by atoms with Crippen LogP contribution in [0.4, 0.5) is 8.78 Å². The van der Waals surface area contributed by atoms with Gasteiger partial charge >= 0.3 is 0 Å². The summed E-state index contributed by atoms with van der Waals surface area (Å²) >= 11 is 0. The van der Waals surface area contributed by atoms with Gasteiger partial charge < -0.3 is 10.5 Å². The minimum Gasteiger partial charge on any atom is -0.487 e. The van der Waals surface area contributed by atoms with E-state index in [9.17, 15) is 13.6 Å². The molecule has 1 unspecified atom stereocenters.